The molecule has 108 valence electrons. The van der Waals surface area contributed by atoms with Crippen molar-refractivity contribution in [3.8, 4) is 0 Å². The fraction of sp³-hybridized carbons (Fsp3) is 1.00. The van der Waals surface area contributed by atoms with Gasteiger partial charge in [-0.15, -0.1) is 0 Å². The highest BCUT2D eigenvalue weighted by Gasteiger charge is 2.28. The lowest BCUT2D eigenvalue weighted by Crippen LogP contribution is -2.39. The molecule has 1 aliphatic rings. The minimum absolute atomic E-state index is 0.420. The normalized spacial score (nSPS) is 23.8. The second-order valence-corrected chi connectivity index (χ2v) is 6.87. The van der Waals surface area contributed by atoms with Gasteiger partial charge in [0.05, 0.1) is 6.10 Å². The highest BCUT2D eigenvalue weighted by atomic mass is 16.5. The predicted molar refractivity (Wildman–Crippen MR) is 78.9 cm³/mol. The van der Waals surface area contributed by atoms with Gasteiger partial charge in [0.25, 0.3) is 0 Å². The van der Waals surface area contributed by atoms with Crippen LogP contribution in [0, 0.1) is 11.3 Å². The van der Waals surface area contributed by atoms with E-state index in [1.807, 2.05) is 0 Å². The molecule has 0 spiro atoms. The van der Waals surface area contributed by atoms with Gasteiger partial charge in [-0.25, -0.2) is 0 Å². The summed E-state index contributed by atoms with van der Waals surface area (Å²) in [4.78, 5) is 0. The molecular formula is C16H33NO. The van der Waals surface area contributed by atoms with E-state index in [0.717, 1.165) is 19.1 Å². The van der Waals surface area contributed by atoms with Crippen LogP contribution in [0.15, 0.2) is 0 Å². The molecule has 0 aromatic rings. The first kappa shape index (κ1) is 16.0. The van der Waals surface area contributed by atoms with Gasteiger partial charge in [-0.3, -0.25) is 0 Å². The molecule has 1 aliphatic heterocycles. The highest BCUT2D eigenvalue weighted by molar-refractivity contribution is 4.81. The lowest BCUT2D eigenvalue weighted by atomic mass is 9.74. The first-order valence-corrected chi connectivity index (χ1v) is 7.79. The zero-order valence-corrected chi connectivity index (χ0v) is 13.1. The summed E-state index contributed by atoms with van der Waals surface area (Å²) in [5, 5.41) is 3.61. The Bertz CT molecular complexity index is 221. The average molecular weight is 255 g/mol. The maximum atomic E-state index is 5.71. The largest absolute Gasteiger partial charge is 0.378 e. The number of hydrogen-bond acceptors (Lipinski definition) is 2. The van der Waals surface area contributed by atoms with Crippen molar-refractivity contribution >= 4 is 0 Å². The second kappa shape index (κ2) is 7.49. The van der Waals surface area contributed by atoms with Gasteiger partial charge in [-0.1, -0.05) is 41.0 Å². The first-order chi connectivity index (χ1) is 8.44. The molecule has 1 saturated heterocycles. The molecule has 2 heteroatoms. The molecule has 0 amide bonds. The molecule has 0 aliphatic carbocycles. The zero-order chi connectivity index (χ0) is 13.6. The van der Waals surface area contributed by atoms with Crippen LogP contribution in [0.5, 0.6) is 0 Å². The van der Waals surface area contributed by atoms with Crippen molar-refractivity contribution in [2.45, 2.75) is 78.9 Å². The van der Waals surface area contributed by atoms with Gasteiger partial charge in [-0.2, -0.15) is 0 Å². The van der Waals surface area contributed by atoms with E-state index in [4.69, 9.17) is 4.74 Å². The lowest BCUT2D eigenvalue weighted by Gasteiger charge is -2.35. The summed E-state index contributed by atoms with van der Waals surface area (Å²) in [6.45, 7) is 13.7. The van der Waals surface area contributed by atoms with Crippen LogP contribution in [-0.2, 0) is 4.74 Å². The summed E-state index contributed by atoms with van der Waals surface area (Å²) in [6, 6.07) is 0.584. The molecule has 0 aromatic heterocycles. The standard InChI is InChI=1S/C16H33NO/c1-13(2)16(5,12-17-14(3)4)10-6-8-15-9-7-11-18-15/h13-15,17H,6-12H2,1-5H3. The molecule has 1 N–H and O–H groups in total. The van der Waals surface area contributed by atoms with Crippen molar-refractivity contribution in [2.24, 2.45) is 11.3 Å². The molecule has 1 rings (SSSR count). The number of nitrogens with one attached hydrogen (secondary N) is 1. The smallest absolute Gasteiger partial charge is 0.0576 e. The van der Waals surface area contributed by atoms with Crippen molar-refractivity contribution in [1.82, 2.24) is 5.32 Å². The Hall–Kier alpha value is -0.0800. The molecule has 2 nitrogen and oxygen atoms in total. The van der Waals surface area contributed by atoms with E-state index in [1.54, 1.807) is 0 Å². The average Bonchev–Trinajstić information content (AvgIpc) is 2.79. The van der Waals surface area contributed by atoms with Crippen LogP contribution >= 0.6 is 0 Å². The number of ether oxygens (including phenoxy) is 1. The van der Waals surface area contributed by atoms with Gasteiger partial charge in [0.15, 0.2) is 0 Å². The van der Waals surface area contributed by atoms with Gasteiger partial charge in [0, 0.05) is 19.2 Å². The van der Waals surface area contributed by atoms with Gasteiger partial charge in [0.2, 0.25) is 0 Å². The topological polar surface area (TPSA) is 21.3 Å². The summed E-state index contributed by atoms with van der Waals surface area (Å²) < 4.78 is 5.71. The van der Waals surface area contributed by atoms with Crippen LogP contribution in [0.3, 0.4) is 0 Å². The molecule has 2 unspecified atom stereocenters. The molecule has 1 fully saturated rings. The van der Waals surface area contributed by atoms with Gasteiger partial charge < -0.3 is 10.1 Å². The Morgan fingerprint density at radius 3 is 2.50 bits per heavy atom. The fourth-order valence-corrected chi connectivity index (χ4v) is 2.62. The third-order valence-corrected chi connectivity index (χ3v) is 4.61. The van der Waals surface area contributed by atoms with Crippen molar-refractivity contribution in [1.29, 1.82) is 0 Å². The highest BCUT2D eigenvalue weighted by Crippen LogP contribution is 2.33. The SMILES string of the molecule is CC(C)NCC(C)(CCCC1CCCO1)C(C)C. The molecule has 0 aromatic carbocycles. The van der Waals surface area contributed by atoms with E-state index >= 15 is 0 Å². The third kappa shape index (κ3) is 5.27. The summed E-state index contributed by atoms with van der Waals surface area (Å²) in [6.07, 6.45) is 6.97. The maximum absolute atomic E-state index is 5.71. The molecule has 18 heavy (non-hydrogen) atoms. The van der Waals surface area contributed by atoms with Gasteiger partial charge in [-0.05, 0) is 37.0 Å². The third-order valence-electron chi connectivity index (χ3n) is 4.61. The lowest BCUT2D eigenvalue weighted by molar-refractivity contribution is 0.0937. The van der Waals surface area contributed by atoms with Crippen LogP contribution < -0.4 is 5.32 Å². The monoisotopic (exact) mass is 255 g/mol. The van der Waals surface area contributed by atoms with Crippen LogP contribution in [0.2, 0.25) is 0 Å². The minimum atomic E-state index is 0.420. The Labute approximate surface area is 114 Å². The van der Waals surface area contributed by atoms with Crippen LogP contribution in [0.4, 0.5) is 0 Å². The van der Waals surface area contributed by atoms with Crippen molar-refractivity contribution < 1.29 is 4.74 Å². The number of hydrogen-bond donors (Lipinski definition) is 1. The van der Waals surface area contributed by atoms with E-state index in [2.05, 4.69) is 39.9 Å². The van der Waals surface area contributed by atoms with Gasteiger partial charge >= 0.3 is 0 Å². The fourth-order valence-electron chi connectivity index (χ4n) is 2.62. The Balaban J connectivity index is 2.31. The molecule has 0 bridgehead atoms. The van der Waals surface area contributed by atoms with Crippen LogP contribution in [-0.4, -0.2) is 25.3 Å². The van der Waals surface area contributed by atoms with E-state index in [9.17, 15) is 0 Å². The molecule has 0 radical (unpaired) electrons. The first-order valence-electron chi connectivity index (χ1n) is 7.79. The molecule has 0 saturated carbocycles. The Morgan fingerprint density at radius 2 is 2.00 bits per heavy atom. The van der Waals surface area contributed by atoms with Crippen LogP contribution in [0.1, 0.15) is 66.7 Å². The minimum Gasteiger partial charge on any atom is -0.378 e. The van der Waals surface area contributed by atoms with Crippen molar-refractivity contribution in [3.05, 3.63) is 0 Å². The van der Waals surface area contributed by atoms with Gasteiger partial charge in [0.1, 0.15) is 0 Å². The summed E-state index contributed by atoms with van der Waals surface area (Å²) in [5.41, 5.74) is 0.420. The molecule has 2 atom stereocenters. The Kier molecular flexibility index (Phi) is 6.65. The van der Waals surface area contributed by atoms with E-state index in [-0.39, 0.29) is 0 Å². The van der Waals surface area contributed by atoms with E-state index < -0.39 is 0 Å². The van der Waals surface area contributed by atoms with E-state index in [0.29, 0.717) is 17.6 Å². The molecule has 1 heterocycles. The zero-order valence-electron chi connectivity index (χ0n) is 13.1. The van der Waals surface area contributed by atoms with Crippen molar-refractivity contribution in [2.75, 3.05) is 13.2 Å². The Morgan fingerprint density at radius 1 is 1.28 bits per heavy atom. The summed E-state index contributed by atoms with van der Waals surface area (Å²) in [7, 11) is 0. The maximum Gasteiger partial charge on any atom is 0.0576 e. The van der Waals surface area contributed by atoms with Crippen molar-refractivity contribution in [3.63, 3.8) is 0 Å². The second-order valence-electron chi connectivity index (χ2n) is 6.87. The predicted octanol–water partition coefficient (Wildman–Crippen LogP) is 4.00. The quantitative estimate of drug-likeness (QED) is 0.708. The summed E-state index contributed by atoms with van der Waals surface area (Å²) >= 11 is 0. The van der Waals surface area contributed by atoms with Crippen LogP contribution in [0.25, 0.3) is 0 Å². The molecular weight excluding hydrogens is 222 g/mol. The summed E-state index contributed by atoms with van der Waals surface area (Å²) in [5.74, 6) is 0.730. The number of rotatable bonds is 8. The van der Waals surface area contributed by atoms with E-state index in [1.165, 1.54) is 32.1 Å².